The molecule has 0 aliphatic rings. The molecule has 2 N–H and O–H groups in total. The van der Waals surface area contributed by atoms with Crippen LogP contribution in [0.1, 0.15) is 31.9 Å². The van der Waals surface area contributed by atoms with Gasteiger partial charge in [-0.3, -0.25) is 4.98 Å². The van der Waals surface area contributed by atoms with E-state index in [4.69, 9.17) is 5.73 Å². The predicted molar refractivity (Wildman–Crippen MR) is 73.0 cm³/mol. The van der Waals surface area contributed by atoms with Crippen molar-refractivity contribution in [1.29, 1.82) is 0 Å². The maximum Gasteiger partial charge on any atom is 0.0432 e. The molecule has 3 heteroatoms. The van der Waals surface area contributed by atoms with E-state index < -0.39 is 0 Å². The van der Waals surface area contributed by atoms with E-state index in [2.05, 4.69) is 42.9 Å². The molecule has 2 atom stereocenters. The third-order valence-corrected chi connectivity index (χ3v) is 3.16. The molecule has 0 fully saturated rings. The molecule has 3 nitrogen and oxygen atoms in total. The first kappa shape index (κ1) is 14.1. The standard InChI is InChI=1S/C14H25N3/c1-12(10-15)11-17(3)9-7-13(2)14-6-4-5-8-16-14/h4-6,8,12-13H,7,9-11,15H2,1-3H3. The number of pyridine rings is 1. The van der Waals surface area contributed by atoms with Gasteiger partial charge in [0.05, 0.1) is 0 Å². The molecule has 0 saturated heterocycles. The number of hydrogen-bond donors (Lipinski definition) is 1. The molecule has 0 aliphatic carbocycles. The zero-order valence-electron chi connectivity index (χ0n) is 11.3. The quantitative estimate of drug-likeness (QED) is 0.787. The van der Waals surface area contributed by atoms with Crippen molar-refractivity contribution in [3.05, 3.63) is 30.1 Å². The number of rotatable bonds is 7. The summed E-state index contributed by atoms with van der Waals surface area (Å²) in [6, 6.07) is 6.12. The average Bonchev–Trinajstić information content (AvgIpc) is 2.36. The van der Waals surface area contributed by atoms with Crippen molar-refractivity contribution in [2.24, 2.45) is 11.7 Å². The summed E-state index contributed by atoms with van der Waals surface area (Å²) in [5, 5.41) is 0. The van der Waals surface area contributed by atoms with Gasteiger partial charge >= 0.3 is 0 Å². The Hall–Kier alpha value is -0.930. The van der Waals surface area contributed by atoms with E-state index in [1.807, 2.05) is 12.3 Å². The second-order valence-electron chi connectivity index (χ2n) is 5.05. The maximum absolute atomic E-state index is 5.63. The van der Waals surface area contributed by atoms with Crippen LogP contribution in [0.5, 0.6) is 0 Å². The lowest BCUT2D eigenvalue weighted by Gasteiger charge is -2.21. The third kappa shape index (κ3) is 5.29. The zero-order chi connectivity index (χ0) is 12.7. The number of hydrogen-bond acceptors (Lipinski definition) is 3. The minimum absolute atomic E-state index is 0.520. The van der Waals surface area contributed by atoms with Gasteiger partial charge in [0.15, 0.2) is 0 Å². The molecule has 0 aliphatic heterocycles. The minimum Gasteiger partial charge on any atom is -0.330 e. The summed E-state index contributed by atoms with van der Waals surface area (Å²) in [5.41, 5.74) is 6.82. The van der Waals surface area contributed by atoms with E-state index in [1.54, 1.807) is 0 Å². The van der Waals surface area contributed by atoms with Crippen LogP contribution < -0.4 is 5.73 Å². The molecule has 1 aromatic heterocycles. The Labute approximate surface area is 105 Å². The highest BCUT2D eigenvalue weighted by Crippen LogP contribution is 2.16. The van der Waals surface area contributed by atoms with Gasteiger partial charge in [0.1, 0.15) is 0 Å². The van der Waals surface area contributed by atoms with Gasteiger partial charge in [0.25, 0.3) is 0 Å². The fourth-order valence-electron chi connectivity index (χ4n) is 1.93. The fourth-order valence-corrected chi connectivity index (χ4v) is 1.93. The van der Waals surface area contributed by atoms with Crippen LogP contribution in [0.4, 0.5) is 0 Å². The Morgan fingerprint density at radius 2 is 2.12 bits per heavy atom. The Morgan fingerprint density at radius 1 is 1.35 bits per heavy atom. The summed E-state index contributed by atoms with van der Waals surface area (Å²) in [6.07, 6.45) is 3.01. The first-order valence-electron chi connectivity index (χ1n) is 6.43. The van der Waals surface area contributed by atoms with Crippen molar-refractivity contribution in [2.75, 3.05) is 26.7 Å². The van der Waals surface area contributed by atoms with Gasteiger partial charge in [-0.25, -0.2) is 0 Å². The van der Waals surface area contributed by atoms with Gasteiger partial charge in [-0.15, -0.1) is 0 Å². The second kappa shape index (κ2) is 7.41. The van der Waals surface area contributed by atoms with E-state index >= 15 is 0 Å². The Kier molecular flexibility index (Phi) is 6.16. The van der Waals surface area contributed by atoms with E-state index in [9.17, 15) is 0 Å². The van der Waals surface area contributed by atoms with Gasteiger partial charge in [0.2, 0.25) is 0 Å². The lowest BCUT2D eigenvalue weighted by molar-refractivity contribution is 0.279. The molecule has 17 heavy (non-hydrogen) atoms. The van der Waals surface area contributed by atoms with Gasteiger partial charge in [-0.05, 0) is 50.5 Å². The minimum atomic E-state index is 0.520. The van der Waals surface area contributed by atoms with E-state index in [0.717, 1.165) is 26.1 Å². The molecule has 0 saturated carbocycles. The summed E-state index contributed by atoms with van der Waals surface area (Å²) >= 11 is 0. The van der Waals surface area contributed by atoms with Crippen LogP contribution in [-0.2, 0) is 0 Å². The smallest absolute Gasteiger partial charge is 0.0432 e. The van der Waals surface area contributed by atoms with Crippen molar-refractivity contribution in [3.63, 3.8) is 0 Å². The van der Waals surface area contributed by atoms with Gasteiger partial charge in [0, 0.05) is 18.4 Å². The molecule has 1 rings (SSSR count). The molecule has 0 radical (unpaired) electrons. The maximum atomic E-state index is 5.63. The average molecular weight is 235 g/mol. The van der Waals surface area contributed by atoms with Crippen LogP contribution in [0.25, 0.3) is 0 Å². The molecule has 0 spiro atoms. The van der Waals surface area contributed by atoms with Crippen LogP contribution in [0, 0.1) is 5.92 Å². The second-order valence-corrected chi connectivity index (χ2v) is 5.05. The van der Waals surface area contributed by atoms with Crippen molar-refractivity contribution in [1.82, 2.24) is 9.88 Å². The first-order chi connectivity index (χ1) is 8.13. The Balaban J connectivity index is 2.31. The molecule has 0 aromatic carbocycles. The Bertz CT molecular complexity index is 300. The van der Waals surface area contributed by atoms with E-state index in [0.29, 0.717) is 11.8 Å². The molecule has 96 valence electrons. The monoisotopic (exact) mass is 235 g/mol. The van der Waals surface area contributed by atoms with E-state index in [-0.39, 0.29) is 0 Å². The van der Waals surface area contributed by atoms with Crippen LogP contribution in [0.15, 0.2) is 24.4 Å². The van der Waals surface area contributed by atoms with E-state index in [1.165, 1.54) is 5.69 Å². The first-order valence-corrected chi connectivity index (χ1v) is 6.43. The summed E-state index contributed by atoms with van der Waals surface area (Å²) in [4.78, 5) is 6.75. The van der Waals surface area contributed by atoms with Gasteiger partial charge in [-0.2, -0.15) is 0 Å². The molecule has 2 unspecified atom stereocenters. The lowest BCUT2D eigenvalue weighted by atomic mass is 10.0. The molecular formula is C14H25N3. The van der Waals surface area contributed by atoms with Crippen molar-refractivity contribution < 1.29 is 0 Å². The summed E-state index contributed by atoms with van der Waals surface area (Å²) < 4.78 is 0. The summed E-state index contributed by atoms with van der Waals surface area (Å²) in [6.45, 7) is 7.37. The van der Waals surface area contributed by atoms with Crippen LogP contribution >= 0.6 is 0 Å². The van der Waals surface area contributed by atoms with Crippen LogP contribution in [0.2, 0.25) is 0 Å². The van der Waals surface area contributed by atoms with Gasteiger partial charge in [-0.1, -0.05) is 19.9 Å². The van der Waals surface area contributed by atoms with Crippen molar-refractivity contribution in [3.8, 4) is 0 Å². The summed E-state index contributed by atoms with van der Waals surface area (Å²) in [5.74, 6) is 1.09. The number of nitrogens with zero attached hydrogens (tertiary/aromatic N) is 2. The molecule has 0 amide bonds. The SMILES string of the molecule is CC(CN)CN(C)CCC(C)c1ccccn1. The zero-order valence-corrected chi connectivity index (χ0v) is 11.3. The lowest BCUT2D eigenvalue weighted by Crippen LogP contribution is -2.29. The Morgan fingerprint density at radius 3 is 2.71 bits per heavy atom. The van der Waals surface area contributed by atoms with Crippen LogP contribution in [-0.4, -0.2) is 36.6 Å². The van der Waals surface area contributed by atoms with Crippen LogP contribution in [0.3, 0.4) is 0 Å². The molecule has 1 heterocycles. The highest BCUT2D eigenvalue weighted by molar-refractivity contribution is 5.08. The normalized spacial score (nSPS) is 14.9. The van der Waals surface area contributed by atoms with Crippen molar-refractivity contribution in [2.45, 2.75) is 26.2 Å². The van der Waals surface area contributed by atoms with Crippen molar-refractivity contribution >= 4 is 0 Å². The number of nitrogens with two attached hydrogens (primary N) is 1. The third-order valence-electron chi connectivity index (χ3n) is 3.16. The molecule has 0 bridgehead atoms. The topological polar surface area (TPSA) is 42.1 Å². The predicted octanol–water partition coefficient (Wildman–Crippen LogP) is 2.10. The molecule has 1 aromatic rings. The van der Waals surface area contributed by atoms with Gasteiger partial charge < -0.3 is 10.6 Å². The highest BCUT2D eigenvalue weighted by atomic mass is 15.1. The summed E-state index contributed by atoms with van der Waals surface area (Å²) in [7, 11) is 2.16. The fraction of sp³-hybridized carbons (Fsp3) is 0.643. The number of aromatic nitrogens is 1. The largest absolute Gasteiger partial charge is 0.330 e. The highest BCUT2D eigenvalue weighted by Gasteiger charge is 2.09. The molecular weight excluding hydrogens is 210 g/mol.